The van der Waals surface area contributed by atoms with Crippen LogP contribution in [-0.4, -0.2) is 18.5 Å². The fourth-order valence-electron chi connectivity index (χ4n) is 2.69. The number of hydrogen-bond donors (Lipinski definition) is 3. The van der Waals surface area contributed by atoms with Crippen molar-refractivity contribution in [3.8, 4) is 0 Å². The van der Waals surface area contributed by atoms with Crippen molar-refractivity contribution in [3.05, 3.63) is 54.6 Å². The minimum absolute atomic E-state index is 0. The zero-order valence-corrected chi connectivity index (χ0v) is 13.7. The molecule has 1 unspecified atom stereocenters. The van der Waals surface area contributed by atoms with E-state index < -0.39 is 0 Å². The van der Waals surface area contributed by atoms with Crippen LogP contribution >= 0.6 is 12.4 Å². The van der Waals surface area contributed by atoms with Crippen molar-refractivity contribution < 1.29 is 4.79 Å². The van der Waals surface area contributed by atoms with Gasteiger partial charge in [-0.25, -0.2) is 0 Å². The van der Waals surface area contributed by atoms with Crippen molar-refractivity contribution in [2.24, 2.45) is 0 Å². The lowest BCUT2D eigenvalue weighted by molar-refractivity contribution is -0.116. The molecule has 0 bridgehead atoms. The molecule has 0 aromatic heterocycles. The standard InChI is InChI=1S/C18H21N3O.ClH/c22-18(13-17-7-4-12-19-17)21-16-10-8-15(9-11-16)20-14-5-2-1-3-6-14;/h1-3,5-6,8-11,17,19-20H,4,7,12-13H2,(H,21,22);1H. The largest absolute Gasteiger partial charge is 0.356 e. The maximum atomic E-state index is 12.0. The molecule has 0 aliphatic carbocycles. The van der Waals surface area contributed by atoms with Crippen molar-refractivity contribution in [2.45, 2.75) is 25.3 Å². The zero-order valence-electron chi connectivity index (χ0n) is 12.9. The molecule has 0 radical (unpaired) electrons. The topological polar surface area (TPSA) is 53.2 Å². The molecule has 1 heterocycles. The highest BCUT2D eigenvalue weighted by Crippen LogP contribution is 2.19. The predicted molar refractivity (Wildman–Crippen MR) is 97.7 cm³/mol. The molecule has 4 nitrogen and oxygen atoms in total. The minimum atomic E-state index is 0. The van der Waals surface area contributed by atoms with Gasteiger partial charge >= 0.3 is 0 Å². The Balaban J connectivity index is 0.00000192. The van der Waals surface area contributed by atoms with E-state index in [0.717, 1.165) is 36.4 Å². The number of benzene rings is 2. The van der Waals surface area contributed by atoms with Crippen LogP contribution in [0.1, 0.15) is 19.3 Å². The lowest BCUT2D eigenvalue weighted by Crippen LogP contribution is -2.27. The van der Waals surface area contributed by atoms with Crippen LogP contribution in [0.3, 0.4) is 0 Å². The number of amides is 1. The van der Waals surface area contributed by atoms with Gasteiger partial charge in [-0.2, -0.15) is 0 Å². The number of halogens is 1. The van der Waals surface area contributed by atoms with Crippen LogP contribution in [0.15, 0.2) is 54.6 Å². The number of para-hydroxylation sites is 1. The molecule has 1 amide bonds. The minimum Gasteiger partial charge on any atom is -0.356 e. The summed E-state index contributed by atoms with van der Waals surface area (Å²) >= 11 is 0. The van der Waals surface area contributed by atoms with Crippen molar-refractivity contribution in [1.82, 2.24) is 5.32 Å². The molecule has 1 aliphatic heterocycles. The molecule has 1 saturated heterocycles. The second kappa shape index (κ2) is 8.56. The van der Waals surface area contributed by atoms with Crippen molar-refractivity contribution in [3.63, 3.8) is 0 Å². The Kier molecular flexibility index (Phi) is 6.44. The molecular formula is C18H22ClN3O. The summed E-state index contributed by atoms with van der Waals surface area (Å²) in [5.74, 6) is 0.0724. The maximum absolute atomic E-state index is 12.0. The van der Waals surface area contributed by atoms with Gasteiger partial charge in [0.25, 0.3) is 0 Å². The lowest BCUT2D eigenvalue weighted by Gasteiger charge is -2.11. The maximum Gasteiger partial charge on any atom is 0.225 e. The highest BCUT2D eigenvalue weighted by molar-refractivity contribution is 5.91. The van der Waals surface area contributed by atoms with E-state index in [2.05, 4.69) is 16.0 Å². The molecule has 122 valence electrons. The highest BCUT2D eigenvalue weighted by atomic mass is 35.5. The van der Waals surface area contributed by atoms with Gasteiger partial charge in [-0.15, -0.1) is 12.4 Å². The molecule has 1 aliphatic rings. The van der Waals surface area contributed by atoms with Gasteiger partial charge in [0.15, 0.2) is 0 Å². The fraction of sp³-hybridized carbons (Fsp3) is 0.278. The van der Waals surface area contributed by atoms with E-state index >= 15 is 0 Å². The van der Waals surface area contributed by atoms with Gasteiger partial charge in [-0.3, -0.25) is 4.79 Å². The Labute approximate surface area is 143 Å². The normalized spacial score (nSPS) is 16.4. The molecule has 5 heteroatoms. The second-order valence-electron chi connectivity index (χ2n) is 5.61. The molecule has 0 saturated carbocycles. The highest BCUT2D eigenvalue weighted by Gasteiger charge is 2.17. The number of carbonyl (C=O) groups is 1. The molecule has 23 heavy (non-hydrogen) atoms. The van der Waals surface area contributed by atoms with Gasteiger partial charge in [0.2, 0.25) is 5.91 Å². The molecule has 2 aromatic carbocycles. The second-order valence-corrected chi connectivity index (χ2v) is 5.61. The van der Waals surface area contributed by atoms with Crippen LogP contribution in [0.25, 0.3) is 0 Å². The number of anilines is 3. The van der Waals surface area contributed by atoms with Crippen LogP contribution in [0.4, 0.5) is 17.1 Å². The monoisotopic (exact) mass is 331 g/mol. The third-order valence-corrected chi connectivity index (χ3v) is 3.83. The third-order valence-electron chi connectivity index (χ3n) is 3.83. The van der Waals surface area contributed by atoms with Crippen LogP contribution < -0.4 is 16.0 Å². The Bertz CT molecular complexity index is 610. The van der Waals surface area contributed by atoms with Gasteiger partial charge in [-0.05, 0) is 55.8 Å². The summed E-state index contributed by atoms with van der Waals surface area (Å²) in [6, 6.07) is 18.1. The first-order chi connectivity index (χ1) is 10.8. The Hall–Kier alpha value is -2.04. The average molecular weight is 332 g/mol. The lowest BCUT2D eigenvalue weighted by atomic mass is 10.1. The summed E-state index contributed by atoms with van der Waals surface area (Å²) in [4.78, 5) is 12.0. The first kappa shape index (κ1) is 17.3. The van der Waals surface area contributed by atoms with Crippen LogP contribution in [-0.2, 0) is 4.79 Å². The van der Waals surface area contributed by atoms with Gasteiger partial charge in [-0.1, -0.05) is 18.2 Å². The van der Waals surface area contributed by atoms with Crippen LogP contribution in [0, 0.1) is 0 Å². The molecule has 2 aromatic rings. The van der Waals surface area contributed by atoms with E-state index in [0.29, 0.717) is 12.5 Å². The first-order valence-electron chi connectivity index (χ1n) is 7.75. The van der Waals surface area contributed by atoms with Gasteiger partial charge in [0, 0.05) is 29.5 Å². The van der Waals surface area contributed by atoms with E-state index in [1.54, 1.807) is 0 Å². The van der Waals surface area contributed by atoms with Crippen molar-refractivity contribution in [1.29, 1.82) is 0 Å². The molecular weight excluding hydrogens is 310 g/mol. The van der Waals surface area contributed by atoms with E-state index in [-0.39, 0.29) is 18.3 Å². The Morgan fingerprint density at radius 3 is 2.30 bits per heavy atom. The van der Waals surface area contributed by atoms with Gasteiger partial charge in [0.1, 0.15) is 0 Å². The van der Waals surface area contributed by atoms with E-state index in [1.165, 1.54) is 0 Å². The first-order valence-corrected chi connectivity index (χ1v) is 7.75. The summed E-state index contributed by atoms with van der Waals surface area (Å²) in [7, 11) is 0. The van der Waals surface area contributed by atoms with Crippen LogP contribution in [0.5, 0.6) is 0 Å². The summed E-state index contributed by atoms with van der Waals surface area (Å²) in [5, 5.41) is 9.61. The van der Waals surface area contributed by atoms with Gasteiger partial charge < -0.3 is 16.0 Å². The number of hydrogen-bond acceptors (Lipinski definition) is 3. The molecule has 3 N–H and O–H groups in total. The van der Waals surface area contributed by atoms with Crippen molar-refractivity contribution >= 4 is 35.4 Å². The fourth-order valence-corrected chi connectivity index (χ4v) is 2.69. The van der Waals surface area contributed by atoms with E-state index in [4.69, 9.17) is 0 Å². The summed E-state index contributed by atoms with van der Waals surface area (Å²) in [6.45, 7) is 1.03. The molecule has 0 spiro atoms. The van der Waals surface area contributed by atoms with E-state index in [1.807, 2.05) is 54.6 Å². The van der Waals surface area contributed by atoms with Gasteiger partial charge in [0.05, 0.1) is 0 Å². The smallest absolute Gasteiger partial charge is 0.225 e. The molecule has 1 atom stereocenters. The van der Waals surface area contributed by atoms with Crippen molar-refractivity contribution in [2.75, 3.05) is 17.2 Å². The number of rotatable bonds is 5. The van der Waals surface area contributed by atoms with Crippen LogP contribution in [0.2, 0.25) is 0 Å². The molecule has 1 fully saturated rings. The average Bonchev–Trinajstić information content (AvgIpc) is 3.03. The summed E-state index contributed by atoms with van der Waals surface area (Å²) < 4.78 is 0. The quantitative estimate of drug-likeness (QED) is 0.778. The zero-order chi connectivity index (χ0) is 15.2. The summed E-state index contributed by atoms with van der Waals surface area (Å²) in [6.07, 6.45) is 2.80. The number of carbonyl (C=O) groups excluding carboxylic acids is 1. The number of nitrogens with one attached hydrogen (secondary N) is 3. The molecule has 3 rings (SSSR count). The third kappa shape index (κ3) is 5.27. The SMILES string of the molecule is Cl.O=C(CC1CCCN1)Nc1ccc(Nc2ccccc2)cc1. The predicted octanol–water partition coefficient (Wildman–Crippen LogP) is 3.93. The Morgan fingerprint density at radius 1 is 1.00 bits per heavy atom. The summed E-state index contributed by atoms with van der Waals surface area (Å²) in [5.41, 5.74) is 2.88. The van der Waals surface area contributed by atoms with E-state index in [9.17, 15) is 4.79 Å². The Morgan fingerprint density at radius 2 is 1.65 bits per heavy atom.